The Hall–Kier alpha value is -0.510. The standard InChI is InChI=1S/C26H43N7O3S3/c27-16-3-1-2-4-17(16)30-19-6-5-14(24(28)35)25(31-19)32-20-12-29-26(38-20)15-13-37-23-18(34)11-21(39-22(15)23)33-7-9-36-10-8-33/h11,14-17,19-20,22-23,25-26,29-32H,1-10,12-13,27H2,(H2,28,35)/p+1/t14?,15?,16-,17+,19?,20?,22?,23?,25?,26?/m1/s1. The molecule has 39 heavy (non-hydrogen) atoms. The number of nitrogens with two attached hydrogens (primary N) is 1. The summed E-state index contributed by atoms with van der Waals surface area (Å²) >= 11 is 5.62. The van der Waals surface area contributed by atoms with Gasteiger partial charge in [0.1, 0.15) is 0 Å². The Bertz CT molecular complexity index is 938. The number of amides is 1. The van der Waals surface area contributed by atoms with Crippen molar-refractivity contribution in [2.24, 2.45) is 17.6 Å². The maximum atomic E-state index is 13.0. The Labute approximate surface area is 244 Å². The average molecular weight is 599 g/mol. The number of morpholine rings is 1. The summed E-state index contributed by atoms with van der Waals surface area (Å²) in [6.45, 7) is 3.97. The predicted molar refractivity (Wildman–Crippen MR) is 158 cm³/mol. The fourth-order valence-electron chi connectivity index (χ4n) is 6.87. The van der Waals surface area contributed by atoms with Gasteiger partial charge in [-0.2, -0.15) is 0 Å². The van der Waals surface area contributed by atoms with Crippen molar-refractivity contribution in [1.29, 1.82) is 0 Å². The van der Waals surface area contributed by atoms with E-state index in [2.05, 4.69) is 31.9 Å². The molecule has 10 nitrogen and oxygen atoms in total. The van der Waals surface area contributed by atoms with Crippen molar-refractivity contribution in [2.45, 2.75) is 84.2 Å². The number of hydrogen-bond acceptors (Lipinski definition) is 11. The van der Waals surface area contributed by atoms with Crippen LogP contribution in [0, 0.1) is 11.8 Å². The Morgan fingerprint density at radius 1 is 1.15 bits per heavy atom. The van der Waals surface area contributed by atoms with E-state index >= 15 is 0 Å². The van der Waals surface area contributed by atoms with E-state index in [4.69, 9.17) is 10.5 Å². The molecule has 10 atom stereocenters. The summed E-state index contributed by atoms with van der Waals surface area (Å²) in [5, 5.41) is 16.9. The summed E-state index contributed by atoms with van der Waals surface area (Å²) < 4.78 is 5.52. The van der Waals surface area contributed by atoms with E-state index in [1.54, 1.807) is 0 Å². The highest BCUT2D eigenvalue weighted by Crippen LogP contribution is 2.50. The monoisotopic (exact) mass is 598 g/mol. The molecule has 218 valence electrons. The smallest absolute Gasteiger partial charge is 0.223 e. The quantitative estimate of drug-likeness (QED) is 0.224. The van der Waals surface area contributed by atoms with Crippen molar-refractivity contribution < 1.29 is 20.1 Å². The second-order valence-electron chi connectivity index (χ2n) is 11.7. The van der Waals surface area contributed by atoms with Gasteiger partial charge in [0.15, 0.2) is 5.78 Å². The normalized spacial score (nSPS) is 43.3. The van der Waals surface area contributed by atoms with Gasteiger partial charge in [0.05, 0.1) is 64.6 Å². The second kappa shape index (κ2) is 12.8. The van der Waals surface area contributed by atoms with Crippen LogP contribution in [-0.4, -0.2) is 101 Å². The lowest BCUT2D eigenvalue weighted by molar-refractivity contribution is -0.431. The van der Waals surface area contributed by atoms with E-state index in [0.29, 0.717) is 18.0 Å². The van der Waals surface area contributed by atoms with Crippen LogP contribution in [0.5, 0.6) is 0 Å². The Morgan fingerprint density at radius 3 is 2.77 bits per heavy atom. The van der Waals surface area contributed by atoms with Crippen molar-refractivity contribution in [3.05, 3.63) is 11.1 Å². The minimum absolute atomic E-state index is 0.0435. The molecule has 9 N–H and O–H groups in total. The average Bonchev–Trinajstić information content (AvgIpc) is 3.58. The number of allylic oxidation sites excluding steroid dienone is 1. The molecule has 0 radical (unpaired) electrons. The number of nitrogens with one attached hydrogen (secondary N) is 4. The van der Waals surface area contributed by atoms with E-state index in [1.165, 1.54) is 19.3 Å². The predicted octanol–water partition coefficient (Wildman–Crippen LogP) is -0.566. The molecular weight excluding hydrogens is 555 g/mol. The molecule has 6 rings (SSSR count). The molecule has 0 spiro atoms. The zero-order chi connectivity index (χ0) is 26.9. The van der Waals surface area contributed by atoms with Crippen LogP contribution in [0.3, 0.4) is 0 Å². The van der Waals surface area contributed by atoms with Crippen LogP contribution >= 0.6 is 35.3 Å². The number of thioether (sulfide) groups is 3. The van der Waals surface area contributed by atoms with Crippen LogP contribution in [0.2, 0.25) is 0 Å². The maximum absolute atomic E-state index is 13.0. The number of quaternary nitrogens is 1. The van der Waals surface area contributed by atoms with Gasteiger partial charge in [0.2, 0.25) is 5.91 Å². The number of carbonyl (C=O) groups excluding carboxylic acids is 2. The molecule has 1 saturated carbocycles. The van der Waals surface area contributed by atoms with E-state index in [1.807, 2.05) is 41.4 Å². The Morgan fingerprint density at radius 2 is 1.97 bits per heavy atom. The molecule has 0 aromatic rings. The van der Waals surface area contributed by atoms with E-state index < -0.39 is 0 Å². The lowest BCUT2D eigenvalue weighted by Crippen LogP contribution is -2.73. The largest absolute Gasteiger partial charge is 0.378 e. The third-order valence-corrected chi connectivity index (χ3v) is 13.7. The van der Waals surface area contributed by atoms with Gasteiger partial charge in [0, 0.05) is 49.1 Å². The van der Waals surface area contributed by atoms with E-state index in [0.717, 1.165) is 62.9 Å². The Balaban J connectivity index is 1.06. The third kappa shape index (κ3) is 6.46. The number of ether oxygens (including phenoxy) is 1. The van der Waals surface area contributed by atoms with Crippen LogP contribution in [0.4, 0.5) is 0 Å². The van der Waals surface area contributed by atoms with Crippen LogP contribution < -0.4 is 32.7 Å². The number of piperidine rings is 1. The molecular formula is C26H44N7O3S3+. The zero-order valence-corrected chi connectivity index (χ0v) is 25.0. The second-order valence-corrected chi connectivity index (χ2v) is 15.4. The number of primary amides is 1. The number of ketones is 1. The molecule has 1 aliphatic carbocycles. The van der Waals surface area contributed by atoms with Gasteiger partial charge < -0.3 is 26.4 Å². The van der Waals surface area contributed by atoms with Crippen LogP contribution in [0.1, 0.15) is 38.5 Å². The van der Waals surface area contributed by atoms with Crippen LogP contribution in [-0.2, 0) is 14.3 Å². The van der Waals surface area contributed by atoms with Gasteiger partial charge in [0.25, 0.3) is 0 Å². The summed E-state index contributed by atoms with van der Waals surface area (Å²) in [5.41, 5.74) is 10.2. The highest BCUT2D eigenvalue weighted by molar-refractivity contribution is 8.07. The van der Waals surface area contributed by atoms with Gasteiger partial charge in [-0.1, -0.05) is 6.42 Å². The molecule has 5 aliphatic heterocycles. The molecule has 0 aromatic carbocycles. The van der Waals surface area contributed by atoms with Gasteiger partial charge in [-0.3, -0.25) is 25.5 Å². The summed E-state index contributed by atoms with van der Waals surface area (Å²) in [4.78, 5) is 27.7. The molecule has 0 bridgehead atoms. The number of nitrogens with zero attached hydrogens (tertiary/aromatic N) is 1. The summed E-state index contributed by atoms with van der Waals surface area (Å²) in [7, 11) is 0. The van der Waals surface area contributed by atoms with E-state index in [9.17, 15) is 9.59 Å². The molecule has 4 saturated heterocycles. The minimum atomic E-state index is -0.242. The number of fused-ring (bicyclic) bond motifs is 1. The van der Waals surface area contributed by atoms with Crippen molar-refractivity contribution in [1.82, 2.24) is 26.2 Å². The van der Waals surface area contributed by atoms with Crippen molar-refractivity contribution >= 4 is 47.0 Å². The maximum Gasteiger partial charge on any atom is 0.223 e. The lowest BCUT2D eigenvalue weighted by Gasteiger charge is -2.40. The SMILES string of the molecule is NC(=O)C1CCC(N[C@H]2CCCC[C@H]2[NH3+])NC1NC1CNC(C2CSC3C(=O)C=C(N4CCOCC4)SC32)S1. The highest BCUT2D eigenvalue weighted by Gasteiger charge is 2.49. The van der Waals surface area contributed by atoms with Gasteiger partial charge in [-0.25, -0.2) is 0 Å². The van der Waals surface area contributed by atoms with E-state index in [-0.39, 0.29) is 51.2 Å². The fourth-order valence-corrected chi connectivity index (χ4v) is 12.0. The summed E-state index contributed by atoms with van der Waals surface area (Å²) in [5.74, 6) is 1.18. The molecule has 0 aromatic heterocycles. The third-order valence-electron chi connectivity index (χ3n) is 9.12. The lowest BCUT2D eigenvalue weighted by atomic mass is 9.89. The first-order chi connectivity index (χ1) is 19.0. The van der Waals surface area contributed by atoms with Crippen molar-refractivity contribution in [2.75, 3.05) is 38.6 Å². The van der Waals surface area contributed by atoms with Crippen molar-refractivity contribution in [3.63, 3.8) is 0 Å². The Kier molecular flexibility index (Phi) is 9.38. The first-order valence-corrected chi connectivity index (χ1v) is 17.5. The summed E-state index contributed by atoms with van der Waals surface area (Å²) in [6.07, 6.45) is 8.40. The number of rotatable bonds is 7. The zero-order valence-electron chi connectivity index (χ0n) is 22.5. The first-order valence-electron chi connectivity index (χ1n) is 14.6. The molecule has 8 unspecified atom stereocenters. The highest BCUT2D eigenvalue weighted by atomic mass is 32.2. The van der Waals surface area contributed by atoms with Gasteiger partial charge in [-0.05, 0) is 25.7 Å². The number of hydrogen-bond donors (Lipinski definition) is 6. The molecule has 5 heterocycles. The minimum Gasteiger partial charge on any atom is -0.378 e. The van der Waals surface area contributed by atoms with Gasteiger partial charge >= 0.3 is 0 Å². The van der Waals surface area contributed by atoms with Crippen molar-refractivity contribution in [3.8, 4) is 0 Å². The molecule has 1 amide bonds. The first kappa shape index (κ1) is 28.6. The topological polar surface area (TPSA) is 148 Å². The number of carbonyl (C=O) groups is 2. The molecule has 6 aliphatic rings. The summed E-state index contributed by atoms with van der Waals surface area (Å²) in [6, 6.07) is 0.862. The van der Waals surface area contributed by atoms with Crippen LogP contribution in [0.15, 0.2) is 11.1 Å². The van der Waals surface area contributed by atoms with Crippen LogP contribution in [0.25, 0.3) is 0 Å². The van der Waals surface area contributed by atoms with Gasteiger partial charge in [-0.15, -0.1) is 35.3 Å². The molecule has 13 heteroatoms. The fraction of sp³-hybridized carbons (Fsp3) is 0.846. The molecule has 5 fully saturated rings.